The average molecular weight is 247 g/mol. The lowest BCUT2D eigenvalue weighted by molar-refractivity contribution is -0.129. The van der Waals surface area contributed by atoms with Gasteiger partial charge in [-0.15, -0.1) is 6.58 Å². The van der Waals surface area contributed by atoms with Gasteiger partial charge in [-0.25, -0.2) is 0 Å². The van der Waals surface area contributed by atoms with Crippen LogP contribution in [0.4, 0.5) is 0 Å². The van der Waals surface area contributed by atoms with E-state index in [1.54, 1.807) is 23.4 Å². The van der Waals surface area contributed by atoms with Crippen LogP contribution in [0.25, 0.3) is 0 Å². The topological polar surface area (TPSA) is 45.2 Å². The number of rotatable bonds is 8. The summed E-state index contributed by atoms with van der Waals surface area (Å²) in [7, 11) is 1.84. The number of amides is 1. The molecule has 0 unspecified atom stereocenters. The average Bonchev–Trinajstić information content (AvgIpc) is 2.42. The fraction of sp³-hybridized carbons (Fsp3) is 0.429. The number of nitrogens with one attached hydrogen (secondary N) is 1. The molecule has 1 amide bonds. The van der Waals surface area contributed by atoms with Gasteiger partial charge in [0.25, 0.3) is 0 Å². The van der Waals surface area contributed by atoms with Crippen molar-refractivity contribution < 1.29 is 4.79 Å². The van der Waals surface area contributed by atoms with Gasteiger partial charge >= 0.3 is 0 Å². The molecule has 1 aromatic rings. The molecular formula is C14H21N3O. The minimum Gasteiger partial charge on any atom is -0.345 e. The van der Waals surface area contributed by atoms with Crippen molar-refractivity contribution in [3.05, 3.63) is 42.7 Å². The van der Waals surface area contributed by atoms with E-state index < -0.39 is 0 Å². The molecule has 18 heavy (non-hydrogen) atoms. The molecule has 1 rings (SSSR count). The normalized spacial score (nSPS) is 10.1. The van der Waals surface area contributed by atoms with Crippen LogP contribution in [-0.4, -0.2) is 42.5 Å². The maximum absolute atomic E-state index is 11.8. The van der Waals surface area contributed by atoms with Gasteiger partial charge in [0.15, 0.2) is 0 Å². The van der Waals surface area contributed by atoms with Gasteiger partial charge in [0, 0.05) is 45.5 Å². The van der Waals surface area contributed by atoms with Crippen LogP contribution in [0.5, 0.6) is 0 Å². The van der Waals surface area contributed by atoms with E-state index in [0.717, 1.165) is 19.5 Å². The maximum Gasteiger partial charge on any atom is 0.223 e. The number of hydrogen-bond donors (Lipinski definition) is 1. The molecule has 0 fully saturated rings. The molecule has 0 aliphatic carbocycles. The third kappa shape index (κ3) is 5.59. The maximum atomic E-state index is 11.8. The van der Waals surface area contributed by atoms with Crippen LogP contribution in [0.2, 0.25) is 0 Å². The molecule has 0 spiro atoms. The fourth-order valence-corrected chi connectivity index (χ4v) is 1.56. The minimum absolute atomic E-state index is 0.167. The summed E-state index contributed by atoms with van der Waals surface area (Å²) >= 11 is 0. The second kappa shape index (κ2) is 8.42. The lowest BCUT2D eigenvalue weighted by Crippen LogP contribution is -2.31. The van der Waals surface area contributed by atoms with E-state index >= 15 is 0 Å². The van der Waals surface area contributed by atoms with Crippen LogP contribution in [0.15, 0.2) is 37.2 Å². The molecule has 0 aliphatic rings. The van der Waals surface area contributed by atoms with Crippen LogP contribution in [0.1, 0.15) is 12.0 Å². The Kier molecular flexibility index (Phi) is 6.72. The third-order valence-corrected chi connectivity index (χ3v) is 2.72. The Bertz CT molecular complexity index is 365. The molecule has 0 aromatic carbocycles. The highest BCUT2D eigenvalue weighted by atomic mass is 16.2. The van der Waals surface area contributed by atoms with E-state index in [2.05, 4.69) is 16.9 Å². The molecule has 1 aromatic heterocycles. The first-order valence-corrected chi connectivity index (χ1v) is 6.18. The minimum atomic E-state index is 0.167. The smallest absolute Gasteiger partial charge is 0.223 e. The van der Waals surface area contributed by atoms with Gasteiger partial charge in [-0.05, 0) is 24.1 Å². The summed E-state index contributed by atoms with van der Waals surface area (Å²) < 4.78 is 0. The predicted molar refractivity (Wildman–Crippen MR) is 73.3 cm³/mol. The molecule has 1 heterocycles. The van der Waals surface area contributed by atoms with Crippen molar-refractivity contribution in [1.29, 1.82) is 0 Å². The molecule has 0 aliphatic heterocycles. The number of hydrogen-bond acceptors (Lipinski definition) is 3. The Morgan fingerprint density at radius 1 is 1.50 bits per heavy atom. The first kappa shape index (κ1) is 14.4. The zero-order valence-corrected chi connectivity index (χ0v) is 10.9. The Morgan fingerprint density at radius 3 is 2.89 bits per heavy atom. The van der Waals surface area contributed by atoms with Gasteiger partial charge in [-0.1, -0.05) is 6.08 Å². The summed E-state index contributed by atoms with van der Waals surface area (Å²) in [5, 5.41) is 3.12. The Balaban J connectivity index is 2.21. The Morgan fingerprint density at radius 2 is 2.22 bits per heavy atom. The van der Waals surface area contributed by atoms with Gasteiger partial charge < -0.3 is 10.2 Å². The molecule has 4 nitrogen and oxygen atoms in total. The molecule has 1 N–H and O–H groups in total. The van der Waals surface area contributed by atoms with Gasteiger partial charge in [0.2, 0.25) is 5.91 Å². The van der Waals surface area contributed by atoms with Gasteiger partial charge in [-0.3, -0.25) is 9.78 Å². The van der Waals surface area contributed by atoms with Crippen LogP contribution < -0.4 is 5.32 Å². The first-order chi connectivity index (χ1) is 8.74. The van der Waals surface area contributed by atoms with Crippen LogP contribution in [0, 0.1) is 0 Å². The summed E-state index contributed by atoms with van der Waals surface area (Å²) in [5.41, 5.74) is 1.20. The molecule has 0 bridgehead atoms. The monoisotopic (exact) mass is 247 g/mol. The molecule has 0 saturated heterocycles. The fourth-order valence-electron chi connectivity index (χ4n) is 1.56. The van der Waals surface area contributed by atoms with Gasteiger partial charge in [0.1, 0.15) is 0 Å². The number of pyridine rings is 1. The highest BCUT2D eigenvalue weighted by molar-refractivity contribution is 5.76. The van der Waals surface area contributed by atoms with Crippen molar-refractivity contribution in [1.82, 2.24) is 15.2 Å². The highest BCUT2D eigenvalue weighted by Gasteiger charge is 2.07. The summed E-state index contributed by atoms with van der Waals surface area (Å²) in [6.07, 6.45) is 6.73. The summed E-state index contributed by atoms with van der Waals surface area (Å²) in [6.45, 7) is 5.80. The van der Waals surface area contributed by atoms with E-state index in [-0.39, 0.29) is 5.91 Å². The molecule has 0 atom stereocenters. The van der Waals surface area contributed by atoms with Crippen molar-refractivity contribution >= 4 is 5.91 Å². The van der Waals surface area contributed by atoms with E-state index in [1.165, 1.54) is 5.56 Å². The van der Waals surface area contributed by atoms with Crippen molar-refractivity contribution in [2.75, 3.05) is 26.7 Å². The van der Waals surface area contributed by atoms with E-state index in [9.17, 15) is 4.79 Å². The van der Waals surface area contributed by atoms with Crippen molar-refractivity contribution in [2.45, 2.75) is 12.8 Å². The quantitative estimate of drug-likeness (QED) is 0.555. The first-order valence-electron chi connectivity index (χ1n) is 6.18. The number of nitrogens with zero attached hydrogens (tertiary/aromatic N) is 2. The van der Waals surface area contributed by atoms with Crippen LogP contribution in [0.3, 0.4) is 0 Å². The third-order valence-electron chi connectivity index (χ3n) is 2.72. The molecular weight excluding hydrogens is 226 g/mol. The summed E-state index contributed by atoms with van der Waals surface area (Å²) in [6, 6.07) is 3.95. The van der Waals surface area contributed by atoms with Crippen molar-refractivity contribution in [3.8, 4) is 0 Å². The zero-order valence-electron chi connectivity index (χ0n) is 10.9. The number of aromatic nitrogens is 1. The number of likely N-dealkylation sites (N-methyl/N-ethyl adjacent to an activating group) is 1. The van der Waals surface area contributed by atoms with Crippen molar-refractivity contribution in [3.63, 3.8) is 0 Å². The van der Waals surface area contributed by atoms with Crippen LogP contribution >= 0.6 is 0 Å². The molecule has 98 valence electrons. The standard InChI is InChI=1S/C14H21N3O/c1-3-8-15-11-6-14(18)17(2)12-7-13-4-9-16-10-5-13/h3-5,9-10,15H,1,6-8,11-12H2,2H3. The SMILES string of the molecule is C=CCNCCC(=O)N(C)CCc1ccncc1. The van der Waals surface area contributed by atoms with Crippen molar-refractivity contribution in [2.24, 2.45) is 0 Å². The number of carbonyl (C=O) groups excluding carboxylic acids is 1. The number of carbonyl (C=O) groups is 1. The largest absolute Gasteiger partial charge is 0.345 e. The summed E-state index contributed by atoms with van der Waals surface area (Å²) in [4.78, 5) is 17.5. The van der Waals surface area contributed by atoms with E-state index in [0.29, 0.717) is 13.0 Å². The molecule has 4 heteroatoms. The lowest BCUT2D eigenvalue weighted by atomic mass is 10.2. The second-order valence-electron chi connectivity index (χ2n) is 4.16. The Labute approximate surface area is 109 Å². The van der Waals surface area contributed by atoms with Crippen LogP contribution in [-0.2, 0) is 11.2 Å². The van der Waals surface area contributed by atoms with Gasteiger partial charge in [0.05, 0.1) is 0 Å². The van der Waals surface area contributed by atoms with E-state index in [4.69, 9.17) is 0 Å². The highest BCUT2D eigenvalue weighted by Crippen LogP contribution is 2.00. The summed E-state index contributed by atoms with van der Waals surface area (Å²) in [5.74, 6) is 0.167. The molecule has 0 saturated carbocycles. The molecule has 0 radical (unpaired) electrons. The Hall–Kier alpha value is -1.68. The van der Waals surface area contributed by atoms with E-state index in [1.807, 2.05) is 19.2 Å². The van der Waals surface area contributed by atoms with Gasteiger partial charge in [-0.2, -0.15) is 0 Å². The lowest BCUT2D eigenvalue weighted by Gasteiger charge is -2.17. The zero-order chi connectivity index (χ0) is 13.2. The predicted octanol–water partition coefficient (Wildman–Crippen LogP) is 1.25. The second-order valence-corrected chi connectivity index (χ2v) is 4.16.